The van der Waals surface area contributed by atoms with Crippen LogP contribution in [0, 0.1) is 24.7 Å². The van der Waals surface area contributed by atoms with Gasteiger partial charge in [-0.25, -0.2) is 0 Å². The van der Waals surface area contributed by atoms with Crippen molar-refractivity contribution in [3.8, 4) is 0 Å². The smallest absolute Gasteiger partial charge is 0.309 e. The molecule has 1 amide bonds. The first kappa shape index (κ1) is 17.4. The van der Waals surface area contributed by atoms with Gasteiger partial charge < -0.3 is 15.0 Å². The molecule has 2 N–H and O–H groups in total. The van der Waals surface area contributed by atoms with E-state index in [9.17, 15) is 9.59 Å². The Morgan fingerprint density at radius 3 is 2.69 bits per heavy atom. The molecule has 3 fully saturated rings. The number of nitrogens with one attached hydrogen (secondary N) is 2. The molecule has 2 aliphatic heterocycles. The van der Waals surface area contributed by atoms with Crippen LogP contribution in [0.4, 0.5) is 5.69 Å². The molecule has 2 heterocycles. The van der Waals surface area contributed by atoms with Crippen molar-refractivity contribution in [1.82, 2.24) is 10.6 Å². The van der Waals surface area contributed by atoms with Crippen LogP contribution in [0.15, 0.2) is 24.3 Å². The quantitative estimate of drug-likeness (QED) is 0.621. The number of nitrogens with zero attached hydrogens (tertiary/aromatic N) is 1. The number of fused-ring (bicyclic) bond motifs is 1. The molecular formula is C19H23N3O3S. The molecule has 0 spiro atoms. The number of benzene rings is 1. The molecule has 4 atom stereocenters. The van der Waals surface area contributed by atoms with Gasteiger partial charge in [-0.1, -0.05) is 18.2 Å². The van der Waals surface area contributed by atoms with Gasteiger partial charge in [-0.2, -0.15) is 0 Å². The summed E-state index contributed by atoms with van der Waals surface area (Å²) in [4.78, 5) is 27.2. The van der Waals surface area contributed by atoms with Gasteiger partial charge >= 0.3 is 5.97 Å². The first-order valence-electron chi connectivity index (χ1n) is 9.05. The molecule has 2 saturated heterocycles. The average molecular weight is 373 g/mol. The molecule has 26 heavy (non-hydrogen) atoms. The number of piperidine rings is 1. The predicted octanol–water partition coefficient (Wildman–Crippen LogP) is 1.72. The molecule has 7 heteroatoms. The third-order valence-corrected chi connectivity index (χ3v) is 6.06. The maximum atomic E-state index is 12.8. The number of carbonyl (C=O) groups excluding carboxylic acids is 2. The maximum Gasteiger partial charge on any atom is 0.309 e. The number of amides is 1. The van der Waals surface area contributed by atoms with Gasteiger partial charge in [0.2, 0.25) is 5.91 Å². The Kier molecular flexibility index (Phi) is 4.44. The van der Waals surface area contributed by atoms with E-state index in [0.29, 0.717) is 17.5 Å². The summed E-state index contributed by atoms with van der Waals surface area (Å²) in [6.45, 7) is 2.02. The molecule has 1 saturated carbocycles. The van der Waals surface area contributed by atoms with Gasteiger partial charge in [0.1, 0.15) is 0 Å². The van der Waals surface area contributed by atoms with E-state index in [4.69, 9.17) is 17.0 Å². The number of hydrogen-bond acceptors (Lipinski definition) is 5. The Bertz CT molecular complexity index is 764. The predicted molar refractivity (Wildman–Crippen MR) is 101 cm³/mol. The zero-order valence-corrected chi connectivity index (χ0v) is 15.7. The van der Waals surface area contributed by atoms with E-state index < -0.39 is 11.8 Å². The molecule has 4 rings (SSSR count). The van der Waals surface area contributed by atoms with Crippen LogP contribution in [-0.2, 0) is 14.3 Å². The lowest BCUT2D eigenvalue weighted by Gasteiger charge is -2.49. The monoisotopic (exact) mass is 373 g/mol. The second-order valence-electron chi connectivity index (χ2n) is 7.40. The molecule has 4 unspecified atom stereocenters. The molecule has 1 aliphatic carbocycles. The highest BCUT2D eigenvalue weighted by Crippen LogP contribution is 2.42. The van der Waals surface area contributed by atoms with Crippen molar-refractivity contribution in [2.75, 3.05) is 12.0 Å². The number of aryl methyl sites for hydroxylation is 1. The highest BCUT2D eigenvalue weighted by molar-refractivity contribution is 7.80. The van der Waals surface area contributed by atoms with Crippen molar-refractivity contribution >= 4 is 34.9 Å². The van der Waals surface area contributed by atoms with Gasteiger partial charge in [0.15, 0.2) is 5.11 Å². The number of para-hydroxylation sites is 1. The van der Waals surface area contributed by atoms with Crippen molar-refractivity contribution in [1.29, 1.82) is 0 Å². The van der Waals surface area contributed by atoms with Crippen LogP contribution in [-0.4, -0.2) is 36.3 Å². The molecule has 0 aromatic heterocycles. The van der Waals surface area contributed by atoms with Gasteiger partial charge in [-0.05, 0) is 56.0 Å². The van der Waals surface area contributed by atoms with Gasteiger partial charge in [0.05, 0.1) is 25.1 Å². The zero-order valence-electron chi connectivity index (χ0n) is 14.9. The molecule has 3 aliphatic rings. The Balaban J connectivity index is 1.76. The van der Waals surface area contributed by atoms with Crippen LogP contribution in [0.5, 0.6) is 0 Å². The van der Waals surface area contributed by atoms with Crippen LogP contribution >= 0.6 is 12.2 Å². The summed E-state index contributed by atoms with van der Waals surface area (Å²) >= 11 is 5.50. The van der Waals surface area contributed by atoms with Crippen molar-refractivity contribution in [3.05, 3.63) is 29.8 Å². The van der Waals surface area contributed by atoms with Crippen LogP contribution in [0.2, 0.25) is 0 Å². The van der Waals surface area contributed by atoms with Crippen molar-refractivity contribution < 1.29 is 14.3 Å². The summed E-state index contributed by atoms with van der Waals surface area (Å²) in [6, 6.07) is 8.13. The normalized spacial score (nSPS) is 31.2. The Morgan fingerprint density at radius 2 is 2.04 bits per heavy atom. The summed E-state index contributed by atoms with van der Waals surface area (Å²) in [5, 5.41) is 6.80. The van der Waals surface area contributed by atoms with E-state index >= 15 is 0 Å². The van der Waals surface area contributed by atoms with Gasteiger partial charge in [0.25, 0.3) is 0 Å². The fraction of sp³-hybridized carbons (Fsp3) is 0.526. The summed E-state index contributed by atoms with van der Waals surface area (Å²) in [6.07, 6.45) is 2.59. The van der Waals surface area contributed by atoms with Gasteiger partial charge in [-0.3, -0.25) is 14.9 Å². The average Bonchev–Trinajstić information content (AvgIpc) is 3.46. The zero-order chi connectivity index (χ0) is 18.4. The minimum absolute atomic E-state index is 0.195. The number of rotatable bonds is 3. The van der Waals surface area contributed by atoms with Crippen LogP contribution < -0.4 is 15.5 Å². The van der Waals surface area contributed by atoms with Gasteiger partial charge in [-0.15, -0.1) is 0 Å². The van der Waals surface area contributed by atoms with E-state index in [1.54, 1.807) is 0 Å². The van der Waals surface area contributed by atoms with Crippen LogP contribution in [0.3, 0.4) is 0 Å². The van der Waals surface area contributed by atoms with E-state index in [1.165, 1.54) is 7.11 Å². The Labute approximate surface area is 158 Å². The number of methoxy groups -OCH3 is 1. The summed E-state index contributed by atoms with van der Waals surface area (Å²) in [5.41, 5.74) is 2.01. The van der Waals surface area contributed by atoms with Crippen LogP contribution in [0.25, 0.3) is 0 Å². The second-order valence-corrected chi connectivity index (χ2v) is 7.78. The van der Waals surface area contributed by atoms with Gasteiger partial charge in [0, 0.05) is 11.7 Å². The van der Waals surface area contributed by atoms with Crippen molar-refractivity contribution in [3.63, 3.8) is 0 Å². The fourth-order valence-electron chi connectivity index (χ4n) is 4.28. The first-order chi connectivity index (χ1) is 12.5. The molecule has 1 aromatic rings. The number of hydrogen-bond donors (Lipinski definition) is 2. The standard InChI is InChI=1S/C19H23N3O3S/c1-10-5-3-4-6-14(10)22-16-15(17(23)21-19(22)26)12(18(24)25-2)9-13(20-16)11-7-8-11/h3-6,11-13,15-16,20H,7-9H2,1-2H3,(H,21,23,26). The summed E-state index contributed by atoms with van der Waals surface area (Å²) in [5.74, 6) is -0.975. The minimum atomic E-state index is -0.538. The number of ether oxygens (including phenoxy) is 1. The van der Waals surface area contributed by atoms with E-state index in [-0.39, 0.29) is 24.1 Å². The summed E-state index contributed by atoms with van der Waals surface area (Å²) < 4.78 is 5.03. The highest BCUT2D eigenvalue weighted by Gasteiger charge is 2.53. The Hall–Kier alpha value is -1.99. The SMILES string of the molecule is COC(=O)C1CC(C2CC2)NC2C1C(=O)NC(=S)N2c1ccccc1C. The molecule has 0 radical (unpaired) electrons. The number of anilines is 1. The maximum absolute atomic E-state index is 12.8. The third kappa shape index (κ3) is 2.89. The lowest BCUT2D eigenvalue weighted by Crippen LogP contribution is -2.71. The highest BCUT2D eigenvalue weighted by atomic mass is 32.1. The van der Waals surface area contributed by atoms with E-state index in [2.05, 4.69) is 10.6 Å². The number of carbonyl (C=O) groups is 2. The molecule has 1 aromatic carbocycles. The summed E-state index contributed by atoms with van der Waals surface area (Å²) in [7, 11) is 1.38. The lowest BCUT2D eigenvalue weighted by atomic mass is 9.77. The molecule has 0 bridgehead atoms. The van der Waals surface area contributed by atoms with Crippen molar-refractivity contribution in [2.45, 2.75) is 38.4 Å². The molecule has 138 valence electrons. The number of esters is 1. The molecular weight excluding hydrogens is 350 g/mol. The Morgan fingerprint density at radius 1 is 1.31 bits per heavy atom. The largest absolute Gasteiger partial charge is 0.469 e. The number of thiocarbonyl (C=S) groups is 1. The topological polar surface area (TPSA) is 70.7 Å². The van der Waals surface area contributed by atoms with E-state index in [1.807, 2.05) is 36.1 Å². The van der Waals surface area contributed by atoms with Crippen LogP contribution in [0.1, 0.15) is 24.8 Å². The van der Waals surface area contributed by atoms with E-state index in [0.717, 1.165) is 24.1 Å². The lowest BCUT2D eigenvalue weighted by molar-refractivity contribution is -0.153. The third-order valence-electron chi connectivity index (χ3n) is 5.77. The fourth-order valence-corrected chi connectivity index (χ4v) is 4.59. The first-order valence-corrected chi connectivity index (χ1v) is 9.45. The second kappa shape index (κ2) is 6.63. The van der Waals surface area contributed by atoms with Crippen molar-refractivity contribution in [2.24, 2.45) is 17.8 Å². The minimum Gasteiger partial charge on any atom is -0.469 e. The molecule has 6 nitrogen and oxygen atoms in total.